The molecular formula is C21H34Cl3N3O2. The van der Waals surface area contributed by atoms with Gasteiger partial charge >= 0.3 is 0 Å². The average molecular weight is 467 g/mol. The van der Waals surface area contributed by atoms with Crippen molar-refractivity contribution in [3.05, 3.63) is 28.3 Å². The van der Waals surface area contributed by atoms with Gasteiger partial charge in [-0.2, -0.15) is 0 Å². The lowest BCUT2D eigenvalue weighted by atomic mass is 9.85. The molecule has 0 radical (unpaired) electrons. The van der Waals surface area contributed by atoms with Gasteiger partial charge in [-0.15, -0.1) is 24.8 Å². The lowest BCUT2D eigenvalue weighted by Crippen LogP contribution is -2.48. The maximum atomic E-state index is 12.5. The first-order valence-corrected chi connectivity index (χ1v) is 10.5. The number of nitrogens with zero attached hydrogens (tertiary/aromatic N) is 1. The largest absolute Gasteiger partial charge is 0.393 e. The summed E-state index contributed by atoms with van der Waals surface area (Å²) >= 11 is 6.35. The highest BCUT2D eigenvalue weighted by atomic mass is 35.5. The first-order valence-electron chi connectivity index (χ1n) is 10.1. The van der Waals surface area contributed by atoms with Crippen molar-refractivity contribution in [3.8, 4) is 0 Å². The summed E-state index contributed by atoms with van der Waals surface area (Å²) in [5.74, 6) is 0.415. The third kappa shape index (κ3) is 7.89. The minimum Gasteiger partial charge on any atom is -0.393 e. The Morgan fingerprint density at radius 2 is 1.97 bits per heavy atom. The highest BCUT2D eigenvalue weighted by molar-refractivity contribution is 6.31. The quantitative estimate of drug-likeness (QED) is 0.609. The Hall–Kier alpha value is -0.560. The van der Waals surface area contributed by atoms with Gasteiger partial charge in [0.25, 0.3) is 0 Å². The number of hydrogen-bond donors (Lipinski definition) is 3. The number of benzene rings is 1. The molecule has 1 amide bonds. The summed E-state index contributed by atoms with van der Waals surface area (Å²) in [6, 6.07) is 4.36. The topological polar surface area (TPSA) is 64.6 Å². The maximum Gasteiger partial charge on any atom is 0.224 e. The molecule has 1 saturated heterocycles. The van der Waals surface area contributed by atoms with Gasteiger partial charge in [0.05, 0.1) is 6.10 Å². The number of piperazine rings is 1. The van der Waals surface area contributed by atoms with E-state index in [4.69, 9.17) is 11.6 Å². The zero-order valence-electron chi connectivity index (χ0n) is 17.2. The van der Waals surface area contributed by atoms with Crippen LogP contribution in [0.1, 0.15) is 50.2 Å². The number of nitrogens with one attached hydrogen (secondary N) is 2. The fraction of sp³-hybridized carbons (Fsp3) is 0.667. The van der Waals surface area contributed by atoms with E-state index in [1.807, 2.05) is 12.1 Å². The average Bonchev–Trinajstić information content (AvgIpc) is 2.61. The zero-order chi connectivity index (χ0) is 19.4. The van der Waals surface area contributed by atoms with Crippen LogP contribution >= 0.6 is 36.4 Å². The van der Waals surface area contributed by atoms with Crippen molar-refractivity contribution in [1.29, 1.82) is 0 Å². The summed E-state index contributed by atoms with van der Waals surface area (Å²) in [5, 5.41) is 16.8. The number of amides is 1. The Kier molecular flexibility index (Phi) is 11.3. The van der Waals surface area contributed by atoms with E-state index < -0.39 is 0 Å². The molecule has 3 rings (SSSR count). The van der Waals surface area contributed by atoms with Crippen LogP contribution in [0, 0.1) is 12.8 Å². The van der Waals surface area contributed by atoms with E-state index in [9.17, 15) is 9.90 Å². The molecular weight excluding hydrogens is 433 g/mol. The Labute approximate surface area is 191 Å². The monoisotopic (exact) mass is 465 g/mol. The van der Waals surface area contributed by atoms with E-state index in [1.54, 1.807) is 0 Å². The standard InChI is InChI=1S/C21H32ClN3O2.2ClH/c1-14-12-25(8-7-23-14)13-17-10-18(22)11-20(15(17)2)24-21(27)9-16-3-5-19(26)6-4-16;;/h10-11,14,16,19,23,26H,3-9,12-13H2,1-2H3,(H,24,27);2*1H. The third-order valence-corrected chi connectivity index (χ3v) is 6.11. The van der Waals surface area contributed by atoms with Crippen molar-refractivity contribution < 1.29 is 9.90 Å². The van der Waals surface area contributed by atoms with Crippen LogP contribution in [-0.2, 0) is 11.3 Å². The van der Waals surface area contributed by atoms with Gasteiger partial charge in [-0.25, -0.2) is 0 Å². The molecule has 2 aliphatic rings. The minimum atomic E-state index is -0.185. The smallest absolute Gasteiger partial charge is 0.224 e. The van der Waals surface area contributed by atoms with Crippen LogP contribution in [-0.4, -0.2) is 47.7 Å². The highest BCUT2D eigenvalue weighted by Crippen LogP contribution is 2.29. The molecule has 0 bridgehead atoms. The van der Waals surface area contributed by atoms with Gasteiger partial charge in [0.1, 0.15) is 0 Å². The summed E-state index contributed by atoms with van der Waals surface area (Å²) in [6.45, 7) is 8.14. The van der Waals surface area contributed by atoms with Crippen LogP contribution < -0.4 is 10.6 Å². The van der Waals surface area contributed by atoms with Gasteiger partial charge in [0.15, 0.2) is 0 Å². The van der Waals surface area contributed by atoms with Gasteiger partial charge < -0.3 is 15.7 Å². The van der Waals surface area contributed by atoms with E-state index >= 15 is 0 Å². The normalized spacial score (nSPS) is 24.9. The number of carbonyl (C=O) groups excluding carboxylic acids is 1. The molecule has 1 unspecified atom stereocenters. The molecule has 1 aliphatic carbocycles. The first-order chi connectivity index (χ1) is 12.9. The molecule has 3 N–H and O–H groups in total. The number of carbonyl (C=O) groups is 1. The molecule has 2 fully saturated rings. The van der Waals surface area contributed by atoms with Gasteiger partial charge in [0.2, 0.25) is 5.91 Å². The molecule has 5 nitrogen and oxygen atoms in total. The van der Waals surface area contributed by atoms with Crippen molar-refractivity contribution in [2.24, 2.45) is 5.92 Å². The number of aliphatic hydroxyl groups excluding tert-OH is 1. The Morgan fingerprint density at radius 1 is 1.28 bits per heavy atom. The molecule has 166 valence electrons. The van der Waals surface area contributed by atoms with Crippen LogP contribution in [0.4, 0.5) is 5.69 Å². The van der Waals surface area contributed by atoms with E-state index in [-0.39, 0.29) is 36.8 Å². The molecule has 1 aliphatic heterocycles. The van der Waals surface area contributed by atoms with E-state index in [0.29, 0.717) is 23.4 Å². The molecule has 29 heavy (non-hydrogen) atoms. The molecule has 1 aromatic carbocycles. The Balaban J connectivity index is 0.00000210. The number of anilines is 1. The molecule has 1 saturated carbocycles. The third-order valence-electron chi connectivity index (χ3n) is 5.89. The second-order valence-corrected chi connectivity index (χ2v) is 8.69. The molecule has 1 aromatic rings. The number of rotatable bonds is 5. The fourth-order valence-corrected chi connectivity index (χ4v) is 4.48. The van der Waals surface area contributed by atoms with Crippen LogP contribution in [0.15, 0.2) is 12.1 Å². The fourth-order valence-electron chi connectivity index (χ4n) is 4.24. The van der Waals surface area contributed by atoms with Crippen LogP contribution in [0.3, 0.4) is 0 Å². The van der Waals surface area contributed by atoms with Crippen molar-refractivity contribution in [1.82, 2.24) is 10.2 Å². The molecule has 0 spiro atoms. The Bertz CT molecular complexity index is 667. The zero-order valence-corrected chi connectivity index (χ0v) is 19.6. The van der Waals surface area contributed by atoms with Crippen molar-refractivity contribution in [2.75, 3.05) is 25.0 Å². The predicted molar refractivity (Wildman–Crippen MR) is 125 cm³/mol. The summed E-state index contributed by atoms with van der Waals surface area (Å²) in [5.41, 5.74) is 3.09. The number of aliphatic hydroxyl groups is 1. The van der Waals surface area contributed by atoms with Crippen LogP contribution in [0.25, 0.3) is 0 Å². The second-order valence-electron chi connectivity index (χ2n) is 8.25. The number of halogens is 3. The van der Waals surface area contributed by atoms with Crippen molar-refractivity contribution in [2.45, 2.75) is 64.6 Å². The van der Waals surface area contributed by atoms with Gasteiger partial charge in [0, 0.05) is 49.4 Å². The molecule has 1 heterocycles. The van der Waals surface area contributed by atoms with Crippen molar-refractivity contribution >= 4 is 48.0 Å². The molecule has 0 aromatic heterocycles. The molecule has 8 heteroatoms. The Morgan fingerprint density at radius 3 is 2.62 bits per heavy atom. The van der Waals surface area contributed by atoms with E-state index in [2.05, 4.69) is 29.4 Å². The lowest BCUT2D eigenvalue weighted by molar-refractivity contribution is -0.117. The van der Waals surface area contributed by atoms with Gasteiger partial charge in [-0.1, -0.05) is 11.6 Å². The highest BCUT2D eigenvalue weighted by Gasteiger charge is 2.22. The van der Waals surface area contributed by atoms with Crippen LogP contribution in [0.5, 0.6) is 0 Å². The predicted octanol–water partition coefficient (Wildman–Crippen LogP) is 4.17. The van der Waals surface area contributed by atoms with Crippen LogP contribution in [0.2, 0.25) is 5.02 Å². The van der Waals surface area contributed by atoms with Gasteiger partial charge in [-0.05, 0) is 68.7 Å². The summed E-state index contributed by atoms with van der Waals surface area (Å²) in [6.07, 6.45) is 3.80. The maximum absolute atomic E-state index is 12.5. The SMILES string of the molecule is Cc1c(CN2CCNC(C)C2)cc(Cl)cc1NC(=O)CC1CCC(O)CC1.Cl.Cl. The second kappa shape index (κ2) is 12.3. The lowest BCUT2D eigenvalue weighted by Gasteiger charge is -2.32. The van der Waals surface area contributed by atoms with Gasteiger partial charge in [-0.3, -0.25) is 9.69 Å². The summed E-state index contributed by atoms with van der Waals surface area (Å²) < 4.78 is 0. The van der Waals surface area contributed by atoms with E-state index in [0.717, 1.165) is 63.1 Å². The number of hydrogen-bond acceptors (Lipinski definition) is 4. The molecule has 1 atom stereocenters. The minimum absolute atomic E-state index is 0. The summed E-state index contributed by atoms with van der Waals surface area (Å²) in [7, 11) is 0. The first kappa shape index (κ1) is 26.5. The van der Waals surface area contributed by atoms with E-state index in [1.165, 1.54) is 5.56 Å². The van der Waals surface area contributed by atoms with Crippen molar-refractivity contribution in [3.63, 3.8) is 0 Å². The summed E-state index contributed by atoms with van der Waals surface area (Å²) in [4.78, 5) is 15.0.